The van der Waals surface area contributed by atoms with E-state index < -0.39 is 11.6 Å². The monoisotopic (exact) mass is 340 g/mol. The maximum absolute atomic E-state index is 14.1. The Labute approximate surface area is 137 Å². The molecule has 1 fully saturated rings. The molecule has 2 heterocycles. The standard InChI is InChI=1S/C15H18ClFN4O2/c1-8(9-2-4-18-5-3-9)19-13-6-10(12(17)7-11(13)16)14-20-21-15(22)23-14/h6-9,18-19H,2-5H2,1H3,(H,21,22)/t8-/m0/s1. The van der Waals surface area contributed by atoms with Crippen LogP contribution >= 0.6 is 11.6 Å². The van der Waals surface area contributed by atoms with Crippen LogP contribution in [-0.2, 0) is 0 Å². The van der Waals surface area contributed by atoms with Gasteiger partial charge in [-0.25, -0.2) is 14.3 Å². The van der Waals surface area contributed by atoms with Gasteiger partial charge in [0.1, 0.15) is 5.82 Å². The number of anilines is 1. The number of piperidine rings is 1. The molecule has 0 bridgehead atoms. The molecule has 6 nitrogen and oxygen atoms in total. The van der Waals surface area contributed by atoms with Crippen LogP contribution in [0.1, 0.15) is 19.8 Å². The van der Waals surface area contributed by atoms with Crippen molar-refractivity contribution in [2.24, 2.45) is 5.92 Å². The van der Waals surface area contributed by atoms with E-state index in [1.807, 2.05) is 0 Å². The molecule has 0 unspecified atom stereocenters. The van der Waals surface area contributed by atoms with Crippen LogP contribution < -0.4 is 16.4 Å². The Balaban J connectivity index is 1.85. The van der Waals surface area contributed by atoms with Crippen molar-refractivity contribution in [1.29, 1.82) is 0 Å². The number of hydrogen-bond donors (Lipinski definition) is 3. The highest BCUT2D eigenvalue weighted by Crippen LogP contribution is 2.32. The van der Waals surface area contributed by atoms with Crippen molar-refractivity contribution in [3.8, 4) is 11.5 Å². The van der Waals surface area contributed by atoms with Gasteiger partial charge in [0.2, 0.25) is 0 Å². The minimum atomic E-state index is -0.730. The Morgan fingerprint density at radius 2 is 2.17 bits per heavy atom. The average molecular weight is 341 g/mol. The molecule has 1 saturated heterocycles. The zero-order valence-electron chi connectivity index (χ0n) is 12.7. The molecule has 1 aliphatic heterocycles. The van der Waals surface area contributed by atoms with Gasteiger partial charge in [0.15, 0.2) is 0 Å². The molecule has 1 aromatic carbocycles. The van der Waals surface area contributed by atoms with Gasteiger partial charge >= 0.3 is 5.76 Å². The number of rotatable bonds is 4. The molecule has 1 atom stereocenters. The lowest BCUT2D eigenvalue weighted by molar-refractivity contribution is 0.343. The van der Waals surface area contributed by atoms with E-state index in [-0.39, 0.29) is 22.5 Å². The summed E-state index contributed by atoms with van der Waals surface area (Å²) in [5.74, 6) is -0.900. The summed E-state index contributed by atoms with van der Waals surface area (Å²) in [6.45, 7) is 4.08. The summed E-state index contributed by atoms with van der Waals surface area (Å²) in [5.41, 5.74) is 0.688. The lowest BCUT2D eigenvalue weighted by Gasteiger charge is -2.29. The van der Waals surface area contributed by atoms with Crippen molar-refractivity contribution in [3.63, 3.8) is 0 Å². The third kappa shape index (κ3) is 3.56. The predicted molar refractivity (Wildman–Crippen MR) is 86.2 cm³/mol. The second-order valence-corrected chi connectivity index (χ2v) is 6.16. The van der Waals surface area contributed by atoms with Gasteiger partial charge < -0.3 is 15.1 Å². The second kappa shape index (κ2) is 6.72. The number of hydrogen-bond acceptors (Lipinski definition) is 5. The highest BCUT2D eigenvalue weighted by atomic mass is 35.5. The van der Waals surface area contributed by atoms with E-state index in [1.54, 1.807) is 0 Å². The van der Waals surface area contributed by atoms with Crippen LogP contribution in [0.5, 0.6) is 0 Å². The van der Waals surface area contributed by atoms with Crippen molar-refractivity contribution in [1.82, 2.24) is 15.5 Å². The average Bonchev–Trinajstić information content (AvgIpc) is 2.97. The molecule has 3 N–H and O–H groups in total. The summed E-state index contributed by atoms with van der Waals surface area (Å²) in [7, 11) is 0. The Hall–Kier alpha value is -1.86. The van der Waals surface area contributed by atoms with Crippen LogP contribution in [0.2, 0.25) is 5.02 Å². The fourth-order valence-electron chi connectivity index (χ4n) is 2.88. The van der Waals surface area contributed by atoms with Gasteiger partial charge in [-0.05, 0) is 50.9 Å². The molecule has 0 aliphatic carbocycles. The molecule has 0 amide bonds. The first-order valence-electron chi connectivity index (χ1n) is 7.57. The Kier molecular flexibility index (Phi) is 4.68. The fourth-order valence-corrected chi connectivity index (χ4v) is 3.08. The molecule has 2 aromatic rings. The molecular formula is C15H18ClFN4O2. The van der Waals surface area contributed by atoms with E-state index >= 15 is 0 Å². The van der Waals surface area contributed by atoms with Gasteiger partial charge in [-0.15, -0.1) is 5.10 Å². The molecule has 8 heteroatoms. The quantitative estimate of drug-likeness (QED) is 0.797. The highest BCUT2D eigenvalue weighted by molar-refractivity contribution is 6.33. The Bertz CT molecular complexity index is 739. The van der Waals surface area contributed by atoms with Crippen LogP contribution in [0.3, 0.4) is 0 Å². The second-order valence-electron chi connectivity index (χ2n) is 5.75. The van der Waals surface area contributed by atoms with E-state index in [4.69, 9.17) is 16.0 Å². The first kappa shape index (κ1) is 16.0. The van der Waals surface area contributed by atoms with Crippen molar-refractivity contribution >= 4 is 17.3 Å². The Morgan fingerprint density at radius 1 is 1.43 bits per heavy atom. The maximum Gasteiger partial charge on any atom is 0.434 e. The SMILES string of the molecule is C[C@H](Nc1cc(-c2n[nH]c(=O)o2)c(F)cc1Cl)C1CCNCC1. The molecule has 23 heavy (non-hydrogen) atoms. The third-order valence-electron chi connectivity index (χ3n) is 4.20. The van der Waals surface area contributed by atoms with Crippen LogP contribution in [0, 0.1) is 11.7 Å². The van der Waals surface area contributed by atoms with E-state index in [0.717, 1.165) is 25.9 Å². The van der Waals surface area contributed by atoms with Crippen LogP contribution in [-0.4, -0.2) is 29.3 Å². The van der Waals surface area contributed by atoms with Crippen molar-refractivity contribution < 1.29 is 8.81 Å². The highest BCUT2D eigenvalue weighted by Gasteiger charge is 2.22. The van der Waals surface area contributed by atoms with Gasteiger partial charge in [0, 0.05) is 6.04 Å². The number of H-pyrrole nitrogens is 1. The van der Waals surface area contributed by atoms with Crippen LogP contribution in [0.15, 0.2) is 21.3 Å². The lowest BCUT2D eigenvalue weighted by Crippen LogP contribution is -2.36. The number of nitrogens with zero attached hydrogens (tertiary/aromatic N) is 1. The van der Waals surface area contributed by atoms with Crippen molar-refractivity contribution in [2.45, 2.75) is 25.8 Å². The van der Waals surface area contributed by atoms with Gasteiger partial charge in [-0.2, -0.15) is 0 Å². The zero-order chi connectivity index (χ0) is 16.4. The number of nitrogens with one attached hydrogen (secondary N) is 3. The Morgan fingerprint density at radius 3 is 2.83 bits per heavy atom. The van der Waals surface area contributed by atoms with Gasteiger partial charge in [-0.3, -0.25) is 0 Å². The fraction of sp³-hybridized carbons (Fsp3) is 0.467. The topological polar surface area (TPSA) is 83.0 Å². The number of aromatic amines is 1. The smallest absolute Gasteiger partial charge is 0.388 e. The first-order valence-corrected chi connectivity index (χ1v) is 7.94. The summed E-state index contributed by atoms with van der Waals surface area (Å²) in [5, 5.41) is 12.7. The van der Waals surface area contributed by atoms with E-state index in [2.05, 4.69) is 27.8 Å². The minimum Gasteiger partial charge on any atom is -0.388 e. The summed E-state index contributed by atoms with van der Waals surface area (Å²) in [4.78, 5) is 11.1. The zero-order valence-corrected chi connectivity index (χ0v) is 13.4. The summed E-state index contributed by atoms with van der Waals surface area (Å²) < 4.78 is 18.9. The summed E-state index contributed by atoms with van der Waals surface area (Å²) >= 11 is 6.14. The molecule has 0 saturated carbocycles. The van der Waals surface area contributed by atoms with Crippen LogP contribution in [0.4, 0.5) is 10.1 Å². The minimum absolute atomic E-state index is 0.0905. The van der Waals surface area contributed by atoms with E-state index in [1.165, 1.54) is 12.1 Å². The largest absolute Gasteiger partial charge is 0.434 e. The van der Waals surface area contributed by atoms with E-state index in [9.17, 15) is 9.18 Å². The van der Waals surface area contributed by atoms with Crippen LogP contribution in [0.25, 0.3) is 11.5 Å². The van der Waals surface area contributed by atoms with Gasteiger partial charge in [0.05, 0.1) is 16.3 Å². The maximum atomic E-state index is 14.1. The summed E-state index contributed by atoms with van der Waals surface area (Å²) in [6, 6.07) is 2.91. The van der Waals surface area contributed by atoms with Crippen molar-refractivity contribution in [2.75, 3.05) is 18.4 Å². The molecule has 0 radical (unpaired) electrons. The van der Waals surface area contributed by atoms with E-state index in [0.29, 0.717) is 11.6 Å². The molecule has 3 rings (SSSR count). The third-order valence-corrected chi connectivity index (χ3v) is 4.51. The summed E-state index contributed by atoms with van der Waals surface area (Å²) in [6.07, 6.45) is 2.15. The molecule has 1 aliphatic rings. The molecular weight excluding hydrogens is 323 g/mol. The predicted octanol–water partition coefficient (Wildman–Crippen LogP) is 2.62. The number of benzene rings is 1. The molecule has 0 spiro atoms. The number of halogens is 2. The molecule has 124 valence electrons. The first-order chi connectivity index (χ1) is 11.0. The lowest BCUT2D eigenvalue weighted by atomic mass is 9.91. The number of aromatic nitrogens is 2. The van der Waals surface area contributed by atoms with Gasteiger partial charge in [0.25, 0.3) is 5.89 Å². The normalized spacial score (nSPS) is 17.2. The van der Waals surface area contributed by atoms with Crippen molar-refractivity contribution in [3.05, 3.63) is 33.5 Å². The van der Waals surface area contributed by atoms with Gasteiger partial charge in [-0.1, -0.05) is 11.6 Å². The molecule has 1 aromatic heterocycles.